The molecule has 0 fully saturated rings. The molecular weight excluding hydrogens is 446 g/mol. The third kappa shape index (κ3) is 5.13. The van der Waals surface area contributed by atoms with E-state index in [2.05, 4.69) is 30.4 Å². The second kappa shape index (κ2) is 6.73. The first-order chi connectivity index (χ1) is 8.76. The van der Waals surface area contributed by atoms with Gasteiger partial charge in [-0.15, -0.1) is 13.2 Å². The fourth-order valence-electron chi connectivity index (χ4n) is 1.24. The van der Waals surface area contributed by atoms with E-state index in [9.17, 15) is 18.0 Å². The molecule has 1 aromatic heterocycles. The molecule has 1 rings (SSSR count). The molecule has 0 bridgehead atoms. The van der Waals surface area contributed by atoms with Crippen LogP contribution in [0, 0.1) is 3.70 Å². The molecule has 19 heavy (non-hydrogen) atoms. The molecule has 0 aromatic carbocycles. The van der Waals surface area contributed by atoms with Crippen molar-refractivity contribution in [3.8, 4) is 5.75 Å². The van der Waals surface area contributed by atoms with Gasteiger partial charge in [-0.25, -0.2) is 4.98 Å². The van der Waals surface area contributed by atoms with E-state index in [4.69, 9.17) is 0 Å². The molecule has 0 amide bonds. The molecule has 0 spiro atoms. The topological polar surface area (TPSA) is 48.4 Å². The highest BCUT2D eigenvalue weighted by Gasteiger charge is 2.33. The van der Waals surface area contributed by atoms with Crippen LogP contribution in [0.4, 0.5) is 13.2 Å². The Morgan fingerprint density at radius 1 is 1.53 bits per heavy atom. The normalized spacial score (nSPS) is 11.3. The van der Waals surface area contributed by atoms with E-state index in [0.717, 1.165) is 0 Å². The second-order valence-corrected chi connectivity index (χ2v) is 4.91. The average Bonchev–Trinajstić information content (AvgIpc) is 2.30. The number of hydrogen-bond acceptors (Lipinski definition) is 4. The summed E-state index contributed by atoms with van der Waals surface area (Å²) in [5, 5.41) is 0.144. The average molecular weight is 454 g/mol. The zero-order valence-corrected chi connectivity index (χ0v) is 13.3. The minimum absolute atomic E-state index is 0.0331. The Balaban J connectivity index is 3.11. The van der Waals surface area contributed by atoms with Crippen molar-refractivity contribution in [3.05, 3.63) is 21.0 Å². The van der Waals surface area contributed by atoms with Gasteiger partial charge in [-0.3, -0.25) is 4.79 Å². The molecule has 1 aromatic rings. The minimum Gasteiger partial charge on any atom is -0.469 e. The van der Waals surface area contributed by atoms with Crippen LogP contribution in [0.25, 0.3) is 0 Å². The van der Waals surface area contributed by atoms with Crippen LogP contribution in [0.1, 0.15) is 11.3 Å². The molecule has 0 saturated carbocycles. The quantitative estimate of drug-likeness (QED) is 0.304. The maximum atomic E-state index is 12.3. The summed E-state index contributed by atoms with van der Waals surface area (Å²) in [5.41, 5.74) is 0.579. The molecule has 0 saturated heterocycles. The summed E-state index contributed by atoms with van der Waals surface area (Å²) in [6.07, 6.45) is -4.90. The Morgan fingerprint density at radius 2 is 2.16 bits per heavy atom. The molecule has 9 heteroatoms. The van der Waals surface area contributed by atoms with Crippen LogP contribution in [-0.2, 0) is 21.3 Å². The Bertz CT molecular complexity index is 482. The Morgan fingerprint density at radius 3 is 2.63 bits per heavy atom. The number of esters is 1. The van der Waals surface area contributed by atoms with Crippen LogP contribution < -0.4 is 4.74 Å². The molecule has 4 nitrogen and oxygen atoms in total. The van der Waals surface area contributed by atoms with Gasteiger partial charge in [0.05, 0.1) is 19.2 Å². The smallest absolute Gasteiger partial charge is 0.469 e. The summed E-state index contributed by atoms with van der Waals surface area (Å²) in [6, 6.07) is 1.37. The van der Waals surface area contributed by atoms with Gasteiger partial charge in [0.15, 0.2) is 5.75 Å². The van der Waals surface area contributed by atoms with Gasteiger partial charge in [0.25, 0.3) is 0 Å². The SMILES string of the molecule is COC(=O)Cc1cc(CBr)c(OC(F)(F)F)c(I)n1. The third-order valence-corrected chi connectivity index (χ3v) is 3.31. The zero-order valence-electron chi connectivity index (χ0n) is 9.55. The van der Waals surface area contributed by atoms with E-state index in [1.165, 1.54) is 13.2 Å². The van der Waals surface area contributed by atoms with Gasteiger partial charge < -0.3 is 9.47 Å². The molecule has 106 valence electrons. The van der Waals surface area contributed by atoms with Crippen molar-refractivity contribution in [3.63, 3.8) is 0 Å². The van der Waals surface area contributed by atoms with E-state index in [0.29, 0.717) is 5.69 Å². The number of alkyl halides is 4. The van der Waals surface area contributed by atoms with Gasteiger partial charge in [-0.1, -0.05) is 15.9 Å². The first-order valence-electron chi connectivity index (χ1n) is 4.83. The van der Waals surface area contributed by atoms with Crippen molar-refractivity contribution in [2.75, 3.05) is 7.11 Å². The Labute approximate surface area is 128 Å². The molecule has 0 N–H and O–H groups in total. The number of pyridine rings is 1. The van der Waals surface area contributed by atoms with E-state index in [1.54, 1.807) is 22.6 Å². The van der Waals surface area contributed by atoms with Gasteiger partial charge in [-0.05, 0) is 28.7 Å². The number of carbonyl (C=O) groups excluding carboxylic acids is 1. The maximum Gasteiger partial charge on any atom is 0.573 e. The van der Waals surface area contributed by atoms with Crippen molar-refractivity contribution in [1.82, 2.24) is 4.98 Å². The second-order valence-electron chi connectivity index (χ2n) is 3.33. The largest absolute Gasteiger partial charge is 0.573 e. The molecule has 0 unspecified atom stereocenters. The summed E-state index contributed by atoms with van der Waals surface area (Å²) in [7, 11) is 1.22. The molecule has 0 aliphatic carbocycles. The summed E-state index contributed by atoms with van der Waals surface area (Å²) in [5.74, 6) is -0.882. The molecule has 0 aliphatic heterocycles. The molecule has 0 aliphatic rings. The first-order valence-corrected chi connectivity index (χ1v) is 7.03. The van der Waals surface area contributed by atoms with Gasteiger partial charge in [0.1, 0.15) is 3.70 Å². The third-order valence-electron chi connectivity index (χ3n) is 1.98. The number of aromatic nitrogens is 1. The van der Waals surface area contributed by atoms with E-state index >= 15 is 0 Å². The van der Waals surface area contributed by atoms with Crippen LogP contribution in [-0.4, -0.2) is 24.4 Å². The van der Waals surface area contributed by atoms with Crippen molar-refractivity contribution < 1.29 is 27.4 Å². The lowest BCUT2D eigenvalue weighted by molar-refractivity contribution is -0.275. The summed E-state index contributed by atoms with van der Waals surface area (Å²) in [6.45, 7) is 0. The highest BCUT2D eigenvalue weighted by atomic mass is 127. The van der Waals surface area contributed by atoms with Crippen LogP contribution in [0.2, 0.25) is 0 Å². The van der Waals surface area contributed by atoms with Crippen molar-refractivity contribution in [1.29, 1.82) is 0 Å². The fraction of sp³-hybridized carbons (Fsp3) is 0.400. The number of halogens is 5. The zero-order chi connectivity index (χ0) is 14.6. The van der Waals surface area contributed by atoms with Crippen molar-refractivity contribution in [2.45, 2.75) is 18.1 Å². The predicted octanol–water partition coefficient (Wildman–Crippen LogP) is 3.20. The standard InChI is InChI=1S/C10H8BrF3INO3/c1-18-7(17)3-6-2-5(4-11)8(9(15)16-6)19-10(12,13)14/h2H,3-4H2,1H3. The Kier molecular flexibility index (Phi) is 5.83. The van der Waals surface area contributed by atoms with E-state index in [-0.39, 0.29) is 26.8 Å². The fourth-order valence-corrected chi connectivity index (χ4v) is 2.42. The van der Waals surface area contributed by atoms with Gasteiger partial charge >= 0.3 is 12.3 Å². The van der Waals surface area contributed by atoms with Gasteiger partial charge in [0.2, 0.25) is 0 Å². The van der Waals surface area contributed by atoms with Crippen molar-refractivity contribution >= 4 is 44.5 Å². The summed E-state index contributed by atoms with van der Waals surface area (Å²) < 4.78 is 45.2. The van der Waals surface area contributed by atoms with Crippen LogP contribution >= 0.6 is 38.5 Å². The predicted molar refractivity (Wildman–Crippen MR) is 72.0 cm³/mol. The first kappa shape index (κ1) is 16.5. The monoisotopic (exact) mass is 453 g/mol. The number of hydrogen-bond donors (Lipinski definition) is 0. The Hall–Kier alpha value is -0.580. The number of nitrogens with zero attached hydrogens (tertiary/aromatic N) is 1. The highest BCUT2D eigenvalue weighted by Crippen LogP contribution is 2.32. The number of ether oxygens (including phenoxy) is 2. The molecular formula is C10H8BrF3INO3. The summed E-state index contributed by atoms with van der Waals surface area (Å²) in [4.78, 5) is 15.0. The summed E-state index contributed by atoms with van der Waals surface area (Å²) >= 11 is 4.70. The minimum atomic E-state index is -4.79. The lowest BCUT2D eigenvalue weighted by Crippen LogP contribution is -2.19. The van der Waals surface area contributed by atoms with Gasteiger partial charge in [-0.2, -0.15) is 0 Å². The maximum absolute atomic E-state index is 12.3. The number of carbonyl (C=O) groups is 1. The number of rotatable bonds is 4. The van der Waals surface area contributed by atoms with Crippen LogP contribution in [0.5, 0.6) is 5.75 Å². The molecule has 1 heterocycles. The highest BCUT2D eigenvalue weighted by molar-refractivity contribution is 14.1. The molecule has 0 radical (unpaired) electrons. The van der Waals surface area contributed by atoms with Crippen LogP contribution in [0.15, 0.2) is 6.07 Å². The van der Waals surface area contributed by atoms with E-state index in [1.807, 2.05) is 0 Å². The van der Waals surface area contributed by atoms with Crippen LogP contribution in [0.3, 0.4) is 0 Å². The van der Waals surface area contributed by atoms with Crippen molar-refractivity contribution in [2.24, 2.45) is 0 Å². The number of methoxy groups -OCH3 is 1. The van der Waals surface area contributed by atoms with Gasteiger partial charge in [0, 0.05) is 10.9 Å². The lowest BCUT2D eigenvalue weighted by Gasteiger charge is -2.14. The molecule has 0 atom stereocenters. The van der Waals surface area contributed by atoms with E-state index < -0.39 is 12.3 Å². The lowest BCUT2D eigenvalue weighted by atomic mass is 10.2.